The van der Waals surface area contributed by atoms with Crippen molar-refractivity contribution in [2.75, 3.05) is 32.3 Å². The van der Waals surface area contributed by atoms with Gasteiger partial charge in [-0.2, -0.15) is 0 Å². The fourth-order valence-corrected chi connectivity index (χ4v) is 4.31. The standard InChI is InChI=1S/C28H32N2O4/c1-28(2,29)18-34-27(31)23-16-25(33-4)24(32-3)15-22(23)21-12-8-11-20-13-14-30(26(20)21)17-19-9-6-5-7-10-19/h5-12,15-16H,13-14,17-18,29H2,1-4H3. The van der Waals surface area contributed by atoms with Gasteiger partial charge < -0.3 is 24.8 Å². The second kappa shape index (κ2) is 9.77. The molecule has 3 aromatic carbocycles. The van der Waals surface area contributed by atoms with E-state index in [9.17, 15) is 4.79 Å². The number of para-hydroxylation sites is 1. The lowest BCUT2D eigenvalue weighted by Crippen LogP contribution is -2.38. The molecule has 0 amide bonds. The molecule has 0 aromatic heterocycles. The maximum atomic E-state index is 13.2. The first-order chi connectivity index (χ1) is 16.3. The molecule has 178 valence electrons. The van der Waals surface area contributed by atoms with Gasteiger partial charge in [0, 0.05) is 35.4 Å². The molecule has 1 aliphatic rings. The van der Waals surface area contributed by atoms with E-state index in [4.69, 9.17) is 19.9 Å². The van der Waals surface area contributed by atoms with Crippen molar-refractivity contribution < 1.29 is 19.0 Å². The lowest BCUT2D eigenvalue weighted by atomic mass is 9.95. The minimum absolute atomic E-state index is 0.104. The summed E-state index contributed by atoms with van der Waals surface area (Å²) < 4.78 is 16.7. The number of hydrogen-bond acceptors (Lipinski definition) is 6. The van der Waals surface area contributed by atoms with Gasteiger partial charge in [0.2, 0.25) is 0 Å². The zero-order chi connectivity index (χ0) is 24.3. The van der Waals surface area contributed by atoms with E-state index in [1.54, 1.807) is 20.3 Å². The number of carbonyl (C=O) groups is 1. The molecule has 0 saturated heterocycles. The van der Waals surface area contributed by atoms with Gasteiger partial charge in [0.1, 0.15) is 6.61 Å². The second-order valence-electron chi connectivity index (χ2n) is 9.29. The van der Waals surface area contributed by atoms with E-state index in [0.717, 1.165) is 36.3 Å². The predicted octanol–water partition coefficient (Wildman–Crippen LogP) is 4.83. The third-order valence-corrected chi connectivity index (χ3v) is 5.91. The van der Waals surface area contributed by atoms with E-state index >= 15 is 0 Å². The number of benzene rings is 3. The molecular formula is C28H32N2O4. The lowest BCUT2D eigenvalue weighted by Gasteiger charge is -2.24. The molecule has 1 aliphatic heterocycles. The zero-order valence-corrected chi connectivity index (χ0v) is 20.3. The highest BCUT2D eigenvalue weighted by Gasteiger charge is 2.27. The number of rotatable bonds is 8. The van der Waals surface area contributed by atoms with Crippen molar-refractivity contribution >= 4 is 11.7 Å². The number of methoxy groups -OCH3 is 2. The van der Waals surface area contributed by atoms with Crippen LogP contribution >= 0.6 is 0 Å². The van der Waals surface area contributed by atoms with E-state index in [1.165, 1.54) is 11.1 Å². The van der Waals surface area contributed by atoms with Crippen LogP contribution in [0.1, 0.15) is 35.3 Å². The molecule has 34 heavy (non-hydrogen) atoms. The maximum Gasteiger partial charge on any atom is 0.338 e. The molecule has 0 saturated carbocycles. The van der Waals surface area contributed by atoms with E-state index in [0.29, 0.717) is 17.1 Å². The van der Waals surface area contributed by atoms with Crippen LogP contribution in [0.25, 0.3) is 11.1 Å². The average molecular weight is 461 g/mol. The highest BCUT2D eigenvalue weighted by Crippen LogP contribution is 2.43. The van der Waals surface area contributed by atoms with Crippen LogP contribution < -0.4 is 20.1 Å². The Bertz CT molecular complexity index is 1170. The van der Waals surface area contributed by atoms with Crippen molar-refractivity contribution in [2.24, 2.45) is 5.73 Å². The summed E-state index contributed by atoms with van der Waals surface area (Å²) in [4.78, 5) is 15.6. The minimum Gasteiger partial charge on any atom is -0.493 e. The zero-order valence-electron chi connectivity index (χ0n) is 20.3. The molecule has 0 radical (unpaired) electrons. The van der Waals surface area contributed by atoms with Crippen LogP contribution in [-0.2, 0) is 17.7 Å². The third-order valence-electron chi connectivity index (χ3n) is 5.91. The number of nitrogens with two attached hydrogens (primary N) is 1. The van der Waals surface area contributed by atoms with Crippen LogP contribution in [0, 0.1) is 0 Å². The molecule has 0 spiro atoms. The Labute approximate surface area is 201 Å². The molecule has 0 bridgehead atoms. The fraction of sp³-hybridized carbons (Fsp3) is 0.321. The highest BCUT2D eigenvalue weighted by molar-refractivity contribution is 6.01. The van der Waals surface area contributed by atoms with Crippen LogP contribution in [0.3, 0.4) is 0 Å². The number of ether oxygens (including phenoxy) is 3. The van der Waals surface area contributed by atoms with Crippen LogP contribution in [0.5, 0.6) is 11.5 Å². The van der Waals surface area contributed by atoms with E-state index in [2.05, 4.69) is 35.2 Å². The molecule has 2 N–H and O–H groups in total. The van der Waals surface area contributed by atoms with E-state index < -0.39 is 11.5 Å². The van der Waals surface area contributed by atoms with Gasteiger partial charge in [0.25, 0.3) is 0 Å². The molecule has 0 atom stereocenters. The second-order valence-corrected chi connectivity index (χ2v) is 9.29. The van der Waals surface area contributed by atoms with Crippen molar-refractivity contribution in [3.8, 4) is 22.6 Å². The summed E-state index contributed by atoms with van der Waals surface area (Å²) in [5.41, 5.74) is 11.2. The van der Waals surface area contributed by atoms with Crippen LogP contribution in [0.15, 0.2) is 60.7 Å². The predicted molar refractivity (Wildman–Crippen MR) is 135 cm³/mol. The van der Waals surface area contributed by atoms with Gasteiger partial charge in [-0.3, -0.25) is 0 Å². The molecule has 0 aliphatic carbocycles. The number of anilines is 1. The Hall–Kier alpha value is -3.51. The lowest BCUT2D eigenvalue weighted by molar-refractivity contribution is 0.0433. The molecule has 0 fully saturated rings. The maximum absolute atomic E-state index is 13.2. The highest BCUT2D eigenvalue weighted by atomic mass is 16.5. The molecule has 0 unspecified atom stereocenters. The topological polar surface area (TPSA) is 74.0 Å². The van der Waals surface area contributed by atoms with Gasteiger partial charge >= 0.3 is 5.97 Å². The summed E-state index contributed by atoms with van der Waals surface area (Å²) in [6.45, 7) is 5.45. The van der Waals surface area contributed by atoms with Crippen LogP contribution in [0.2, 0.25) is 0 Å². The Morgan fingerprint density at radius 2 is 1.68 bits per heavy atom. The Kier molecular flexibility index (Phi) is 6.80. The van der Waals surface area contributed by atoms with Gasteiger partial charge in [-0.05, 0) is 43.5 Å². The normalized spacial score (nSPS) is 12.9. The number of hydrogen-bond donors (Lipinski definition) is 1. The molecule has 1 heterocycles. The number of carbonyl (C=O) groups excluding carboxylic acids is 1. The number of fused-ring (bicyclic) bond motifs is 1. The van der Waals surface area contributed by atoms with Crippen molar-refractivity contribution in [3.63, 3.8) is 0 Å². The molecule has 6 nitrogen and oxygen atoms in total. The van der Waals surface area contributed by atoms with Crippen molar-refractivity contribution in [2.45, 2.75) is 32.4 Å². The van der Waals surface area contributed by atoms with Gasteiger partial charge in [0.15, 0.2) is 11.5 Å². The first kappa shape index (κ1) is 23.6. The van der Waals surface area contributed by atoms with Gasteiger partial charge in [0.05, 0.1) is 19.8 Å². The first-order valence-electron chi connectivity index (χ1n) is 11.4. The van der Waals surface area contributed by atoms with Gasteiger partial charge in [-0.25, -0.2) is 4.79 Å². The van der Waals surface area contributed by atoms with Crippen molar-refractivity contribution in [3.05, 3.63) is 77.4 Å². The summed E-state index contributed by atoms with van der Waals surface area (Å²) in [5, 5.41) is 0. The largest absolute Gasteiger partial charge is 0.493 e. The molecule has 4 rings (SSSR count). The molecule has 3 aromatic rings. The van der Waals surface area contributed by atoms with Crippen molar-refractivity contribution in [1.82, 2.24) is 0 Å². The Morgan fingerprint density at radius 1 is 0.971 bits per heavy atom. The Morgan fingerprint density at radius 3 is 2.35 bits per heavy atom. The summed E-state index contributed by atoms with van der Waals surface area (Å²) in [7, 11) is 3.14. The smallest absolute Gasteiger partial charge is 0.338 e. The average Bonchev–Trinajstić information content (AvgIpc) is 3.24. The summed E-state index contributed by atoms with van der Waals surface area (Å²) in [5.74, 6) is 0.581. The third kappa shape index (κ3) is 5.02. The molecular weight excluding hydrogens is 428 g/mol. The van der Waals surface area contributed by atoms with Gasteiger partial charge in [-0.1, -0.05) is 48.5 Å². The minimum atomic E-state index is -0.632. The van der Waals surface area contributed by atoms with E-state index in [1.807, 2.05) is 38.1 Å². The Balaban J connectivity index is 1.81. The SMILES string of the molecule is COc1cc(C(=O)OCC(C)(C)N)c(-c2cccc3c2N(Cc2ccccc2)CC3)cc1OC. The van der Waals surface area contributed by atoms with Crippen LogP contribution in [0.4, 0.5) is 5.69 Å². The van der Waals surface area contributed by atoms with Gasteiger partial charge in [-0.15, -0.1) is 0 Å². The molecule has 6 heteroatoms. The van der Waals surface area contributed by atoms with Crippen molar-refractivity contribution in [1.29, 1.82) is 0 Å². The summed E-state index contributed by atoms with van der Waals surface area (Å²) in [6, 6.07) is 20.2. The van der Waals surface area contributed by atoms with E-state index in [-0.39, 0.29) is 6.61 Å². The van der Waals surface area contributed by atoms with Crippen LogP contribution in [-0.4, -0.2) is 38.9 Å². The monoisotopic (exact) mass is 460 g/mol. The quantitative estimate of drug-likeness (QED) is 0.486. The fourth-order valence-electron chi connectivity index (χ4n) is 4.31. The first-order valence-corrected chi connectivity index (χ1v) is 11.4. The summed E-state index contributed by atoms with van der Waals surface area (Å²) >= 11 is 0. The number of esters is 1. The number of nitrogens with zero attached hydrogens (tertiary/aromatic N) is 1. The summed E-state index contributed by atoms with van der Waals surface area (Å²) in [6.07, 6.45) is 0.949.